The molecule has 1 amide bonds. The molecule has 0 aliphatic rings. The predicted molar refractivity (Wildman–Crippen MR) is 77.8 cm³/mol. The highest BCUT2D eigenvalue weighted by Crippen LogP contribution is 2.25. The Kier molecular flexibility index (Phi) is 4.64. The van der Waals surface area contributed by atoms with Crippen molar-refractivity contribution in [1.82, 2.24) is 15.2 Å². The van der Waals surface area contributed by atoms with Crippen LogP contribution in [0.15, 0.2) is 35.3 Å². The number of thioether (sulfide) groups is 1. The van der Waals surface area contributed by atoms with E-state index in [0.717, 1.165) is 15.8 Å². The summed E-state index contributed by atoms with van der Waals surface area (Å²) in [6.45, 7) is 5.51. The van der Waals surface area contributed by atoms with Crippen molar-refractivity contribution < 1.29 is 4.79 Å². The van der Waals surface area contributed by atoms with E-state index in [1.165, 1.54) is 23.1 Å². The van der Waals surface area contributed by atoms with E-state index < -0.39 is 0 Å². The number of pyridine rings is 1. The van der Waals surface area contributed by atoms with Gasteiger partial charge in [0.1, 0.15) is 0 Å². The second-order valence-corrected chi connectivity index (χ2v) is 5.86. The Morgan fingerprint density at radius 3 is 3.05 bits per heavy atom. The molecular weight excluding hydrogens is 280 g/mol. The van der Waals surface area contributed by atoms with Crippen LogP contribution in [-0.2, 0) is 0 Å². The molecule has 98 valence electrons. The number of carbonyl (C=O) groups excluding carboxylic acids is 1. The molecule has 2 rings (SSSR count). The van der Waals surface area contributed by atoms with Crippen LogP contribution in [0.5, 0.6) is 0 Å². The fourth-order valence-electron chi connectivity index (χ4n) is 1.22. The Hall–Kier alpha value is -1.73. The van der Waals surface area contributed by atoms with E-state index in [9.17, 15) is 4.79 Å². The van der Waals surface area contributed by atoms with Crippen molar-refractivity contribution in [2.24, 2.45) is 0 Å². The second kappa shape index (κ2) is 6.44. The average molecular weight is 292 g/mol. The van der Waals surface area contributed by atoms with E-state index in [2.05, 4.69) is 27.1 Å². The molecule has 0 radical (unpaired) electrons. The van der Waals surface area contributed by atoms with Crippen LogP contribution in [0.3, 0.4) is 0 Å². The Morgan fingerprint density at radius 2 is 2.37 bits per heavy atom. The summed E-state index contributed by atoms with van der Waals surface area (Å²) >= 11 is 2.87. The Bertz CT molecular complexity index is 580. The Morgan fingerprint density at radius 1 is 1.53 bits per heavy atom. The molecular formula is C12H12N4OS2. The SMILES string of the molecule is C=CCSc1nnc(NC(=O)c2ccc(C)nc2)s1. The van der Waals surface area contributed by atoms with Crippen LogP contribution in [0, 0.1) is 6.92 Å². The molecule has 7 heteroatoms. The van der Waals surface area contributed by atoms with Gasteiger partial charge in [-0.25, -0.2) is 0 Å². The molecule has 0 aliphatic heterocycles. The van der Waals surface area contributed by atoms with E-state index in [4.69, 9.17) is 0 Å². The molecule has 0 saturated heterocycles. The van der Waals surface area contributed by atoms with Gasteiger partial charge < -0.3 is 0 Å². The number of amides is 1. The monoisotopic (exact) mass is 292 g/mol. The van der Waals surface area contributed by atoms with Crippen LogP contribution in [0.25, 0.3) is 0 Å². The van der Waals surface area contributed by atoms with Crippen LogP contribution < -0.4 is 5.32 Å². The Balaban J connectivity index is 2.00. The van der Waals surface area contributed by atoms with E-state index in [-0.39, 0.29) is 5.91 Å². The molecule has 0 aliphatic carbocycles. The number of nitrogens with zero attached hydrogens (tertiary/aromatic N) is 3. The standard InChI is InChI=1S/C12H12N4OS2/c1-3-6-18-12-16-15-11(19-12)14-10(17)9-5-4-8(2)13-7-9/h3-5,7H,1,6H2,2H3,(H,14,15,17). The zero-order valence-corrected chi connectivity index (χ0v) is 11.9. The van der Waals surface area contributed by atoms with Crippen molar-refractivity contribution >= 4 is 34.1 Å². The topological polar surface area (TPSA) is 67.8 Å². The highest BCUT2D eigenvalue weighted by molar-refractivity contribution is 8.01. The summed E-state index contributed by atoms with van der Waals surface area (Å²) in [5.41, 5.74) is 1.37. The quantitative estimate of drug-likeness (QED) is 0.521. The number of aromatic nitrogens is 3. The van der Waals surface area contributed by atoms with Gasteiger partial charge in [-0.1, -0.05) is 29.2 Å². The third-order valence-corrected chi connectivity index (χ3v) is 4.09. The van der Waals surface area contributed by atoms with Gasteiger partial charge in [0.15, 0.2) is 4.34 Å². The molecule has 5 nitrogen and oxygen atoms in total. The summed E-state index contributed by atoms with van der Waals surface area (Å²) in [5.74, 6) is 0.536. The van der Waals surface area contributed by atoms with Gasteiger partial charge in [0.25, 0.3) is 5.91 Å². The number of hydrogen-bond acceptors (Lipinski definition) is 6. The third-order valence-electron chi connectivity index (χ3n) is 2.13. The Labute approximate surface area is 119 Å². The smallest absolute Gasteiger partial charge is 0.259 e. The van der Waals surface area contributed by atoms with E-state index >= 15 is 0 Å². The van der Waals surface area contributed by atoms with Crippen LogP contribution in [0.2, 0.25) is 0 Å². The van der Waals surface area contributed by atoms with Crippen molar-refractivity contribution in [3.8, 4) is 0 Å². The first-order valence-electron chi connectivity index (χ1n) is 5.50. The van der Waals surface area contributed by atoms with Crippen molar-refractivity contribution in [1.29, 1.82) is 0 Å². The van der Waals surface area contributed by atoms with Crippen LogP contribution >= 0.6 is 23.1 Å². The minimum Gasteiger partial charge on any atom is -0.296 e. The van der Waals surface area contributed by atoms with Crippen molar-refractivity contribution in [3.05, 3.63) is 42.2 Å². The van der Waals surface area contributed by atoms with Gasteiger partial charge in [0.05, 0.1) is 5.56 Å². The largest absolute Gasteiger partial charge is 0.296 e. The highest BCUT2D eigenvalue weighted by Gasteiger charge is 2.10. The van der Waals surface area contributed by atoms with E-state index in [0.29, 0.717) is 10.7 Å². The molecule has 2 aromatic heterocycles. The molecule has 0 spiro atoms. The lowest BCUT2D eigenvalue weighted by Crippen LogP contribution is -2.12. The predicted octanol–water partition coefficient (Wildman–Crippen LogP) is 2.77. The lowest BCUT2D eigenvalue weighted by Gasteiger charge is -2.00. The molecule has 1 N–H and O–H groups in total. The van der Waals surface area contributed by atoms with Gasteiger partial charge in [0.2, 0.25) is 5.13 Å². The number of nitrogens with one attached hydrogen (secondary N) is 1. The van der Waals surface area contributed by atoms with Crippen LogP contribution in [-0.4, -0.2) is 26.8 Å². The number of carbonyl (C=O) groups is 1. The third kappa shape index (κ3) is 3.87. The highest BCUT2D eigenvalue weighted by atomic mass is 32.2. The van der Waals surface area contributed by atoms with E-state index in [1.54, 1.807) is 24.4 Å². The van der Waals surface area contributed by atoms with Crippen molar-refractivity contribution in [3.63, 3.8) is 0 Å². The summed E-state index contributed by atoms with van der Waals surface area (Å²) in [6.07, 6.45) is 3.33. The van der Waals surface area contributed by atoms with Gasteiger partial charge in [-0.3, -0.25) is 15.1 Å². The molecule has 0 saturated carbocycles. The fourth-order valence-corrected chi connectivity index (χ4v) is 2.73. The van der Waals surface area contributed by atoms with Gasteiger partial charge in [0, 0.05) is 17.6 Å². The molecule has 0 fully saturated rings. The maximum Gasteiger partial charge on any atom is 0.259 e. The number of rotatable bonds is 5. The molecule has 0 unspecified atom stereocenters. The molecule has 0 aromatic carbocycles. The first-order chi connectivity index (χ1) is 9.19. The molecule has 2 aromatic rings. The van der Waals surface area contributed by atoms with Gasteiger partial charge in [-0.15, -0.1) is 16.8 Å². The molecule has 19 heavy (non-hydrogen) atoms. The summed E-state index contributed by atoms with van der Waals surface area (Å²) in [7, 11) is 0. The second-order valence-electron chi connectivity index (χ2n) is 3.62. The maximum absolute atomic E-state index is 11.9. The van der Waals surface area contributed by atoms with Crippen LogP contribution in [0.1, 0.15) is 16.1 Å². The summed E-state index contributed by atoms with van der Waals surface area (Å²) in [4.78, 5) is 16.0. The first kappa shape index (κ1) is 13.7. The van der Waals surface area contributed by atoms with Crippen molar-refractivity contribution in [2.75, 3.05) is 11.1 Å². The normalized spacial score (nSPS) is 10.2. The summed E-state index contributed by atoms with van der Waals surface area (Å²) in [5, 5.41) is 11.1. The first-order valence-corrected chi connectivity index (χ1v) is 7.30. The van der Waals surface area contributed by atoms with Crippen molar-refractivity contribution in [2.45, 2.75) is 11.3 Å². The van der Waals surface area contributed by atoms with Gasteiger partial charge in [-0.05, 0) is 19.1 Å². The lowest BCUT2D eigenvalue weighted by atomic mass is 10.2. The molecule has 2 heterocycles. The van der Waals surface area contributed by atoms with Crippen LogP contribution in [0.4, 0.5) is 5.13 Å². The zero-order valence-electron chi connectivity index (χ0n) is 10.3. The number of aryl methyl sites for hydroxylation is 1. The van der Waals surface area contributed by atoms with E-state index in [1.807, 2.05) is 6.92 Å². The fraction of sp³-hybridized carbons (Fsp3) is 0.167. The molecule has 0 bridgehead atoms. The number of anilines is 1. The summed E-state index contributed by atoms with van der Waals surface area (Å²) < 4.78 is 0.803. The maximum atomic E-state index is 11.9. The lowest BCUT2D eigenvalue weighted by molar-refractivity contribution is 0.102. The number of hydrogen-bond donors (Lipinski definition) is 1. The average Bonchev–Trinajstić information content (AvgIpc) is 2.84. The van der Waals surface area contributed by atoms with Gasteiger partial charge in [-0.2, -0.15) is 0 Å². The summed E-state index contributed by atoms with van der Waals surface area (Å²) in [6, 6.07) is 3.52. The molecule has 0 atom stereocenters. The zero-order chi connectivity index (χ0) is 13.7. The van der Waals surface area contributed by atoms with Gasteiger partial charge >= 0.3 is 0 Å². The minimum absolute atomic E-state index is 0.232. The minimum atomic E-state index is -0.232.